The van der Waals surface area contributed by atoms with Gasteiger partial charge in [0.2, 0.25) is 0 Å². The van der Waals surface area contributed by atoms with Gasteiger partial charge in [-0.1, -0.05) is 35.6 Å². The Balaban J connectivity index is 1.16. The highest BCUT2D eigenvalue weighted by Crippen LogP contribution is 2.34. The van der Waals surface area contributed by atoms with Gasteiger partial charge in [-0.25, -0.2) is 9.97 Å². The number of anilines is 1. The predicted octanol–water partition coefficient (Wildman–Crippen LogP) is 5.16. The van der Waals surface area contributed by atoms with Crippen LogP contribution in [0.25, 0.3) is 31.2 Å². The number of nitrogens with one attached hydrogen (secondary N) is 1. The van der Waals surface area contributed by atoms with Gasteiger partial charge in [-0.3, -0.25) is 15.0 Å². The van der Waals surface area contributed by atoms with E-state index in [4.69, 9.17) is 9.47 Å². The summed E-state index contributed by atoms with van der Waals surface area (Å²) in [6.07, 6.45) is 1.47. The Morgan fingerprint density at radius 2 is 2.09 bits per heavy atom. The van der Waals surface area contributed by atoms with Crippen LogP contribution in [0.15, 0.2) is 54.0 Å². The molecule has 1 N–H and O–H groups in total. The standard InChI is InChI=1S/C26H22N4O3S2/c31-25(29-26-28-20-5-6-22-23(24(20)35-26)27-14-34-22)19-9-15-3-1-2-4-16(15)10-21(19)32-8-7-30-12-18-11-17(30)13-33-18/h1-6,9-10,14,17-18H,7-8,11-13H2,(H,28,29,31). The van der Waals surface area contributed by atoms with Crippen molar-refractivity contribution in [1.29, 1.82) is 0 Å². The molecule has 2 bridgehead atoms. The molecule has 0 spiro atoms. The zero-order valence-electron chi connectivity index (χ0n) is 18.8. The van der Waals surface area contributed by atoms with Gasteiger partial charge in [0.25, 0.3) is 5.91 Å². The minimum atomic E-state index is -0.229. The molecular formula is C26H22N4O3S2. The zero-order valence-corrected chi connectivity index (χ0v) is 20.4. The first-order chi connectivity index (χ1) is 17.2. The summed E-state index contributed by atoms with van der Waals surface area (Å²) in [7, 11) is 0. The average Bonchev–Trinajstić information content (AvgIpc) is 3.66. The van der Waals surface area contributed by atoms with Crippen molar-refractivity contribution in [2.45, 2.75) is 18.6 Å². The number of hydrogen-bond donors (Lipinski definition) is 1. The van der Waals surface area contributed by atoms with Crippen LogP contribution in [0, 0.1) is 0 Å². The summed E-state index contributed by atoms with van der Waals surface area (Å²) >= 11 is 3.05. The number of benzene rings is 3. The van der Waals surface area contributed by atoms with E-state index in [1.54, 1.807) is 11.3 Å². The van der Waals surface area contributed by atoms with Crippen molar-refractivity contribution < 1.29 is 14.3 Å². The molecule has 2 unspecified atom stereocenters. The highest BCUT2D eigenvalue weighted by Gasteiger charge is 2.38. The van der Waals surface area contributed by atoms with Crippen molar-refractivity contribution in [2.24, 2.45) is 0 Å². The Bertz CT molecular complexity index is 1580. The van der Waals surface area contributed by atoms with E-state index < -0.39 is 0 Å². The van der Waals surface area contributed by atoms with E-state index in [-0.39, 0.29) is 5.91 Å². The number of likely N-dealkylation sites (tertiary alicyclic amines) is 1. The van der Waals surface area contributed by atoms with Crippen molar-refractivity contribution in [2.75, 3.05) is 31.6 Å². The van der Waals surface area contributed by atoms with Gasteiger partial charge in [-0.05, 0) is 41.5 Å². The Kier molecular flexibility index (Phi) is 5.16. The Morgan fingerprint density at radius 1 is 1.20 bits per heavy atom. The van der Waals surface area contributed by atoms with Crippen LogP contribution in [0.3, 0.4) is 0 Å². The number of nitrogens with zero attached hydrogens (tertiary/aromatic N) is 3. The van der Waals surface area contributed by atoms with Gasteiger partial charge in [-0.2, -0.15) is 0 Å². The molecule has 2 atom stereocenters. The van der Waals surface area contributed by atoms with Crippen LogP contribution in [-0.4, -0.2) is 59.2 Å². The number of amides is 1. The maximum absolute atomic E-state index is 13.4. The van der Waals surface area contributed by atoms with Crippen molar-refractivity contribution in [1.82, 2.24) is 14.9 Å². The summed E-state index contributed by atoms with van der Waals surface area (Å²) < 4.78 is 14.0. The number of thiazole rings is 2. The molecule has 7 nitrogen and oxygen atoms in total. The number of aromatic nitrogens is 2. The second-order valence-electron chi connectivity index (χ2n) is 8.97. The number of fused-ring (bicyclic) bond motifs is 6. The SMILES string of the molecule is O=C(Nc1nc2ccc3scnc3c2s1)c1cc2ccccc2cc1OCCN1CC2CC1CO2. The third-order valence-corrected chi connectivity index (χ3v) is 8.61. The largest absolute Gasteiger partial charge is 0.491 e. The van der Waals surface area contributed by atoms with E-state index >= 15 is 0 Å². The topological polar surface area (TPSA) is 76.6 Å². The molecule has 2 aromatic heterocycles. The van der Waals surface area contributed by atoms with Crippen molar-refractivity contribution >= 4 is 64.9 Å². The lowest BCUT2D eigenvalue weighted by Crippen LogP contribution is -2.39. The molecule has 4 heterocycles. The summed E-state index contributed by atoms with van der Waals surface area (Å²) in [5.74, 6) is 0.359. The van der Waals surface area contributed by atoms with E-state index in [1.807, 2.05) is 54.0 Å². The fraction of sp³-hybridized carbons (Fsp3) is 0.269. The number of morpholine rings is 1. The first kappa shape index (κ1) is 21.2. The van der Waals surface area contributed by atoms with Gasteiger partial charge in [-0.15, -0.1) is 11.3 Å². The molecule has 2 aliphatic heterocycles. The van der Waals surface area contributed by atoms with Crippen LogP contribution in [0.4, 0.5) is 5.13 Å². The van der Waals surface area contributed by atoms with Crippen LogP contribution in [0.5, 0.6) is 5.75 Å². The normalized spacial score (nSPS) is 19.8. The van der Waals surface area contributed by atoms with Crippen LogP contribution >= 0.6 is 22.7 Å². The number of hydrogen-bond acceptors (Lipinski definition) is 8. The van der Waals surface area contributed by atoms with Crippen LogP contribution in [0.2, 0.25) is 0 Å². The quantitative estimate of drug-likeness (QED) is 0.346. The van der Waals surface area contributed by atoms with Gasteiger partial charge in [0, 0.05) is 19.1 Å². The monoisotopic (exact) mass is 502 g/mol. The van der Waals surface area contributed by atoms with Crippen molar-refractivity contribution in [3.63, 3.8) is 0 Å². The van der Waals surface area contributed by atoms with Gasteiger partial charge in [0.05, 0.1) is 38.7 Å². The van der Waals surface area contributed by atoms with Gasteiger partial charge in [0.15, 0.2) is 5.13 Å². The number of ether oxygens (including phenoxy) is 2. The molecule has 7 rings (SSSR count). The fourth-order valence-corrected chi connectivity index (χ4v) is 6.78. The fourth-order valence-electron chi connectivity index (χ4n) is 5.07. The van der Waals surface area contributed by atoms with Crippen molar-refractivity contribution in [3.8, 4) is 5.75 Å². The minimum Gasteiger partial charge on any atom is -0.491 e. The first-order valence-corrected chi connectivity index (χ1v) is 13.4. The number of carbonyl (C=O) groups excluding carboxylic acids is 1. The molecule has 1 amide bonds. The summed E-state index contributed by atoms with van der Waals surface area (Å²) in [5.41, 5.74) is 4.11. The molecule has 0 radical (unpaired) electrons. The third-order valence-electron chi connectivity index (χ3n) is 6.82. The molecule has 35 heavy (non-hydrogen) atoms. The van der Waals surface area contributed by atoms with E-state index in [1.165, 1.54) is 11.3 Å². The molecule has 9 heteroatoms. The van der Waals surface area contributed by atoms with Crippen molar-refractivity contribution in [3.05, 3.63) is 59.6 Å². The van der Waals surface area contributed by atoms with Gasteiger partial charge >= 0.3 is 0 Å². The minimum absolute atomic E-state index is 0.229. The van der Waals surface area contributed by atoms with E-state index in [9.17, 15) is 4.79 Å². The number of rotatable bonds is 6. The van der Waals surface area contributed by atoms with Crippen LogP contribution in [-0.2, 0) is 4.74 Å². The second kappa shape index (κ2) is 8.53. The Morgan fingerprint density at radius 3 is 2.91 bits per heavy atom. The first-order valence-electron chi connectivity index (χ1n) is 11.7. The molecule has 0 aliphatic carbocycles. The summed E-state index contributed by atoms with van der Waals surface area (Å²) in [5, 5.41) is 5.59. The van der Waals surface area contributed by atoms with E-state index in [0.717, 1.165) is 57.3 Å². The van der Waals surface area contributed by atoms with Crippen LogP contribution < -0.4 is 10.1 Å². The molecule has 5 aromatic rings. The summed E-state index contributed by atoms with van der Waals surface area (Å²) in [6, 6.07) is 16.4. The summed E-state index contributed by atoms with van der Waals surface area (Å²) in [4.78, 5) is 25.0. The zero-order chi connectivity index (χ0) is 23.4. The highest BCUT2D eigenvalue weighted by atomic mass is 32.1. The lowest BCUT2D eigenvalue weighted by Gasteiger charge is -2.26. The number of carbonyl (C=O) groups is 1. The van der Waals surface area contributed by atoms with E-state index in [0.29, 0.717) is 35.2 Å². The lowest BCUT2D eigenvalue weighted by molar-refractivity contribution is 0.0257. The summed E-state index contributed by atoms with van der Waals surface area (Å²) in [6.45, 7) is 3.11. The van der Waals surface area contributed by atoms with Gasteiger partial charge in [0.1, 0.15) is 17.9 Å². The highest BCUT2D eigenvalue weighted by molar-refractivity contribution is 7.24. The molecule has 176 valence electrons. The maximum atomic E-state index is 13.4. The molecule has 2 saturated heterocycles. The molecule has 0 saturated carbocycles. The third kappa shape index (κ3) is 3.84. The Hall–Kier alpha value is -3.11. The second-order valence-corrected chi connectivity index (χ2v) is 10.9. The van der Waals surface area contributed by atoms with Gasteiger partial charge < -0.3 is 9.47 Å². The maximum Gasteiger partial charge on any atom is 0.261 e. The lowest BCUT2D eigenvalue weighted by atomic mass is 10.1. The molecule has 3 aromatic carbocycles. The van der Waals surface area contributed by atoms with Crippen LogP contribution in [0.1, 0.15) is 16.8 Å². The van der Waals surface area contributed by atoms with E-state index in [2.05, 4.69) is 20.2 Å². The molecule has 2 fully saturated rings. The molecule has 2 aliphatic rings. The smallest absolute Gasteiger partial charge is 0.261 e. The predicted molar refractivity (Wildman–Crippen MR) is 140 cm³/mol. The molecular weight excluding hydrogens is 480 g/mol. The average molecular weight is 503 g/mol. The Labute approximate surface area is 209 Å².